The van der Waals surface area contributed by atoms with Crippen molar-refractivity contribution in [2.24, 2.45) is 5.14 Å². The second kappa shape index (κ2) is 6.66. The van der Waals surface area contributed by atoms with Gasteiger partial charge in [-0.1, -0.05) is 29.3 Å². The molecular weight excluding hydrogens is 331 g/mol. The van der Waals surface area contributed by atoms with E-state index in [2.05, 4.69) is 5.32 Å². The Labute approximate surface area is 133 Å². The summed E-state index contributed by atoms with van der Waals surface area (Å²) in [4.78, 5) is 0.0915. The van der Waals surface area contributed by atoms with Gasteiger partial charge in [-0.2, -0.15) is 0 Å². The van der Waals surface area contributed by atoms with Gasteiger partial charge in [-0.05, 0) is 48.4 Å². The van der Waals surface area contributed by atoms with Crippen molar-refractivity contribution in [3.05, 3.63) is 58.1 Å². The lowest BCUT2D eigenvalue weighted by Crippen LogP contribution is -2.12. The molecule has 4 nitrogen and oxygen atoms in total. The molecule has 0 heterocycles. The topological polar surface area (TPSA) is 72.2 Å². The average Bonchev–Trinajstić information content (AvgIpc) is 2.41. The Morgan fingerprint density at radius 1 is 1.05 bits per heavy atom. The zero-order chi connectivity index (χ0) is 15.5. The zero-order valence-electron chi connectivity index (χ0n) is 11.0. The summed E-state index contributed by atoms with van der Waals surface area (Å²) in [7, 11) is -3.65. The maximum absolute atomic E-state index is 11.1. The highest BCUT2D eigenvalue weighted by atomic mass is 35.5. The monoisotopic (exact) mass is 344 g/mol. The summed E-state index contributed by atoms with van der Waals surface area (Å²) in [5.41, 5.74) is 1.81. The zero-order valence-corrected chi connectivity index (χ0v) is 13.3. The second-order valence-electron chi connectivity index (χ2n) is 4.48. The van der Waals surface area contributed by atoms with Crippen LogP contribution in [0, 0.1) is 0 Å². The predicted molar refractivity (Wildman–Crippen MR) is 86.5 cm³/mol. The molecule has 0 amide bonds. The molecule has 0 saturated heterocycles. The highest BCUT2D eigenvalue weighted by Crippen LogP contribution is 2.21. The number of rotatable bonds is 5. The minimum atomic E-state index is -3.65. The fraction of sp³-hybridized carbons (Fsp3) is 0.143. The van der Waals surface area contributed by atoms with Gasteiger partial charge in [0.25, 0.3) is 0 Å². The molecule has 0 radical (unpaired) electrons. The molecule has 7 heteroatoms. The minimum Gasteiger partial charge on any atom is -0.385 e. The molecular formula is C14H14Cl2N2O2S. The van der Waals surface area contributed by atoms with Crippen LogP contribution in [0.3, 0.4) is 0 Å². The molecule has 0 aromatic heterocycles. The van der Waals surface area contributed by atoms with Crippen LogP contribution in [0.1, 0.15) is 5.56 Å². The van der Waals surface area contributed by atoms with Crippen LogP contribution >= 0.6 is 23.2 Å². The van der Waals surface area contributed by atoms with Gasteiger partial charge in [0.1, 0.15) is 0 Å². The summed E-state index contributed by atoms with van der Waals surface area (Å²) in [6, 6.07) is 11.7. The molecule has 2 rings (SSSR count). The van der Waals surface area contributed by atoms with E-state index in [9.17, 15) is 8.42 Å². The van der Waals surface area contributed by atoms with Crippen molar-refractivity contribution in [2.75, 3.05) is 11.9 Å². The molecule has 0 spiro atoms. The Bertz CT molecular complexity index is 731. The van der Waals surface area contributed by atoms with Crippen molar-refractivity contribution in [3.63, 3.8) is 0 Å². The number of hydrogen-bond acceptors (Lipinski definition) is 3. The van der Waals surface area contributed by atoms with Crippen molar-refractivity contribution in [3.8, 4) is 0 Å². The minimum absolute atomic E-state index is 0.0915. The lowest BCUT2D eigenvalue weighted by molar-refractivity contribution is 0.598. The molecule has 21 heavy (non-hydrogen) atoms. The maximum Gasteiger partial charge on any atom is 0.238 e. The van der Waals surface area contributed by atoms with Gasteiger partial charge < -0.3 is 5.32 Å². The van der Waals surface area contributed by atoms with Crippen molar-refractivity contribution in [2.45, 2.75) is 11.3 Å². The van der Waals surface area contributed by atoms with Crippen LogP contribution in [-0.4, -0.2) is 15.0 Å². The van der Waals surface area contributed by atoms with Crippen molar-refractivity contribution in [1.29, 1.82) is 0 Å². The Morgan fingerprint density at radius 3 is 2.29 bits per heavy atom. The third-order valence-electron chi connectivity index (χ3n) is 2.92. The Balaban J connectivity index is 1.94. The fourth-order valence-corrected chi connectivity index (χ4v) is 2.85. The molecule has 112 valence electrons. The molecule has 2 aromatic carbocycles. The summed E-state index contributed by atoms with van der Waals surface area (Å²) < 4.78 is 22.3. The first kappa shape index (κ1) is 16.1. The van der Waals surface area contributed by atoms with E-state index < -0.39 is 10.0 Å². The van der Waals surface area contributed by atoms with Gasteiger partial charge in [0.15, 0.2) is 0 Å². The van der Waals surface area contributed by atoms with Crippen LogP contribution in [0.4, 0.5) is 5.69 Å². The molecule has 0 bridgehead atoms. The quantitative estimate of drug-likeness (QED) is 0.873. The number of primary sulfonamides is 1. The van der Waals surface area contributed by atoms with E-state index in [1.165, 1.54) is 12.1 Å². The number of halogens is 2. The number of benzene rings is 2. The van der Waals surface area contributed by atoms with E-state index >= 15 is 0 Å². The Kier molecular flexibility index (Phi) is 5.11. The van der Waals surface area contributed by atoms with Gasteiger partial charge in [-0.25, -0.2) is 13.6 Å². The number of nitrogens with one attached hydrogen (secondary N) is 1. The molecule has 0 aliphatic heterocycles. The summed E-state index contributed by atoms with van der Waals surface area (Å²) in [5, 5.41) is 9.46. The van der Waals surface area contributed by atoms with E-state index in [1.807, 2.05) is 6.07 Å². The van der Waals surface area contributed by atoms with Gasteiger partial charge in [-0.15, -0.1) is 0 Å². The van der Waals surface area contributed by atoms with Gasteiger partial charge >= 0.3 is 0 Å². The highest BCUT2D eigenvalue weighted by Gasteiger charge is 2.06. The van der Waals surface area contributed by atoms with Crippen molar-refractivity contribution in [1.82, 2.24) is 0 Å². The van der Waals surface area contributed by atoms with E-state index in [0.29, 0.717) is 16.6 Å². The fourth-order valence-electron chi connectivity index (χ4n) is 1.83. The van der Waals surface area contributed by atoms with Gasteiger partial charge in [0, 0.05) is 22.3 Å². The van der Waals surface area contributed by atoms with Crippen LogP contribution in [-0.2, 0) is 16.4 Å². The Hall–Kier alpha value is -1.27. The maximum atomic E-state index is 11.1. The SMILES string of the molecule is NS(=O)(=O)c1ccc(NCCc2ccc(Cl)cc2Cl)cc1. The van der Waals surface area contributed by atoms with Crippen LogP contribution in [0.15, 0.2) is 47.4 Å². The molecule has 0 unspecified atom stereocenters. The third-order valence-corrected chi connectivity index (χ3v) is 4.44. The van der Waals surface area contributed by atoms with Crippen LogP contribution in [0.25, 0.3) is 0 Å². The number of sulfonamides is 1. The summed E-state index contributed by atoms with van der Waals surface area (Å²) in [5.74, 6) is 0. The van der Waals surface area contributed by atoms with Crippen LogP contribution < -0.4 is 10.5 Å². The molecule has 0 aliphatic carbocycles. The van der Waals surface area contributed by atoms with Crippen molar-refractivity contribution < 1.29 is 8.42 Å². The van der Waals surface area contributed by atoms with Gasteiger partial charge in [-0.3, -0.25) is 0 Å². The molecule has 0 fully saturated rings. The first-order chi connectivity index (χ1) is 9.86. The van der Waals surface area contributed by atoms with Crippen molar-refractivity contribution >= 4 is 38.9 Å². The standard InChI is InChI=1S/C14H14Cl2N2O2S/c15-11-2-1-10(14(16)9-11)7-8-18-12-3-5-13(6-4-12)21(17,19)20/h1-6,9,18H,7-8H2,(H2,17,19,20). The first-order valence-electron chi connectivity index (χ1n) is 6.17. The number of nitrogens with two attached hydrogens (primary N) is 1. The summed E-state index contributed by atoms with van der Waals surface area (Å²) in [6.07, 6.45) is 0.729. The van der Waals surface area contributed by atoms with E-state index in [0.717, 1.165) is 17.7 Å². The smallest absolute Gasteiger partial charge is 0.238 e. The Morgan fingerprint density at radius 2 is 1.71 bits per heavy atom. The summed E-state index contributed by atoms with van der Waals surface area (Å²) in [6.45, 7) is 0.663. The largest absolute Gasteiger partial charge is 0.385 e. The van der Waals surface area contributed by atoms with Gasteiger partial charge in [0.05, 0.1) is 4.90 Å². The predicted octanol–water partition coefficient (Wildman–Crippen LogP) is 3.30. The molecule has 0 aliphatic rings. The molecule has 3 N–H and O–H groups in total. The highest BCUT2D eigenvalue weighted by molar-refractivity contribution is 7.89. The molecule has 0 saturated carbocycles. The number of anilines is 1. The lowest BCUT2D eigenvalue weighted by atomic mass is 10.1. The lowest BCUT2D eigenvalue weighted by Gasteiger charge is -2.08. The summed E-state index contributed by atoms with van der Waals surface area (Å²) >= 11 is 11.9. The van der Waals surface area contributed by atoms with E-state index in [-0.39, 0.29) is 4.90 Å². The third kappa shape index (κ3) is 4.61. The average molecular weight is 345 g/mol. The van der Waals surface area contributed by atoms with E-state index in [4.69, 9.17) is 28.3 Å². The molecule has 0 atom stereocenters. The normalized spacial score (nSPS) is 11.4. The second-order valence-corrected chi connectivity index (χ2v) is 6.89. The van der Waals surface area contributed by atoms with Gasteiger partial charge in [0.2, 0.25) is 10.0 Å². The number of hydrogen-bond donors (Lipinski definition) is 2. The van der Waals surface area contributed by atoms with Crippen LogP contribution in [0.2, 0.25) is 10.0 Å². The molecule has 2 aromatic rings. The van der Waals surface area contributed by atoms with Crippen LogP contribution in [0.5, 0.6) is 0 Å². The first-order valence-corrected chi connectivity index (χ1v) is 8.47. The van der Waals surface area contributed by atoms with E-state index in [1.54, 1.807) is 24.3 Å².